The summed E-state index contributed by atoms with van der Waals surface area (Å²) < 4.78 is 0. The number of carbonyl (C=O) groups excluding carboxylic acids is 1. The van der Waals surface area contributed by atoms with Crippen LogP contribution in [0, 0.1) is 0 Å². The van der Waals surface area contributed by atoms with Crippen LogP contribution >= 0.6 is 11.3 Å². The minimum absolute atomic E-state index is 0.0262. The maximum atomic E-state index is 12.4. The topological polar surface area (TPSA) is 72.1 Å². The van der Waals surface area contributed by atoms with Crippen molar-refractivity contribution >= 4 is 33.3 Å². The summed E-state index contributed by atoms with van der Waals surface area (Å²) in [6, 6.07) is 0. The van der Waals surface area contributed by atoms with E-state index in [1.807, 2.05) is 6.08 Å². The number of thiophene rings is 1. The van der Waals surface area contributed by atoms with Crippen molar-refractivity contribution in [2.75, 3.05) is 18.8 Å². The van der Waals surface area contributed by atoms with Crippen LogP contribution in [0.5, 0.6) is 0 Å². The molecular weight excluding hydrogens is 248 g/mol. The van der Waals surface area contributed by atoms with Gasteiger partial charge in [0.05, 0.1) is 5.69 Å². The Morgan fingerprint density at radius 1 is 1.33 bits per heavy atom. The zero-order valence-corrected chi connectivity index (χ0v) is 10.5. The molecule has 5 nitrogen and oxygen atoms in total. The molecule has 2 N–H and O–H groups in total. The highest BCUT2D eigenvalue weighted by Crippen LogP contribution is 2.31. The zero-order valence-electron chi connectivity index (χ0n) is 9.67. The smallest absolute Gasteiger partial charge is 0.266 e. The lowest BCUT2D eigenvalue weighted by Gasteiger charge is -2.22. The third kappa shape index (κ3) is 1.74. The van der Waals surface area contributed by atoms with Gasteiger partial charge in [0.25, 0.3) is 5.91 Å². The number of hydrogen-bond donors (Lipinski definition) is 1. The highest BCUT2D eigenvalue weighted by Gasteiger charge is 2.22. The molecule has 6 heteroatoms. The molecule has 0 saturated carbocycles. The van der Waals surface area contributed by atoms with Crippen molar-refractivity contribution in [3.05, 3.63) is 29.4 Å². The summed E-state index contributed by atoms with van der Waals surface area (Å²) in [5.41, 5.74) is 7.06. The molecule has 2 aromatic heterocycles. The van der Waals surface area contributed by atoms with Gasteiger partial charge in [-0.2, -0.15) is 0 Å². The Kier molecular flexibility index (Phi) is 2.71. The van der Waals surface area contributed by atoms with E-state index in [1.165, 1.54) is 11.3 Å². The van der Waals surface area contributed by atoms with Crippen molar-refractivity contribution in [3.8, 4) is 0 Å². The summed E-state index contributed by atoms with van der Waals surface area (Å²) in [4.78, 5) is 23.8. The number of nitrogens with two attached hydrogens (primary N) is 1. The van der Waals surface area contributed by atoms with Gasteiger partial charge >= 0.3 is 0 Å². The predicted molar refractivity (Wildman–Crippen MR) is 71.5 cm³/mol. The molecule has 0 radical (unpaired) electrons. The molecule has 2 aromatic rings. The molecule has 0 atom stereocenters. The molecule has 0 spiro atoms. The minimum Gasteiger partial charge on any atom is -0.396 e. The van der Waals surface area contributed by atoms with Gasteiger partial charge < -0.3 is 10.6 Å². The van der Waals surface area contributed by atoms with Gasteiger partial charge in [-0.15, -0.1) is 11.3 Å². The van der Waals surface area contributed by atoms with Gasteiger partial charge in [0, 0.05) is 25.5 Å². The quantitative estimate of drug-likeness (QED) is 0.792. The van der Waals surface area contributed by atoms with Gasteiger partial charge in [-0.3, -0.25) is 4.79 Å². The van der Waals surface area contributed by atoms with Crippen LogP contribution in [-0.4, -0.2) is 33.9 Å². The molecule has 0 fully saturated rings. The fourth-order valence-corrected chi connectivity index (χ4v) is 2.96. The number of nitrogens with zero attached hydrogens (tertiary/aromatic N) is 3. The van der Waals surface area contributed by atoms with Crippen molar-refractivity contribution in [3.63, 3.8) is 0 Å². The van der Waals surface area contributed by atoms with Crippen LogP contribution in [0.2, 0.25) is 0 Å². The van der Waals surface area contributed by atoms with E-state index in [9.17, 15) is 4.79 Å². The van der Waals surface area contributed by atoms with Gasteiger partial charge in [-0.05, 0) is 6.42 Å². The second-order valence-electron chi connectivity index (χ2n) is 4.07. The summed E-state index contributed by atoms with van der Waals surface area (Å²) in [6.07, 6.45) is 8.18. The van der Waals surface area contributed by atoms with E-state index in [0.717, 1.165) is 13.0 Å². The molecule has 0 aliphatic carbocycles. The largest absolute Gasteiger partial charge is 0.396 e. The Bertz CT molecular complexity index is 634. The lowest BCUT2D eigenvalue weighted by molar-refractivity contribution is 0.0777. The van der Waals surface area contributed by atoms with Crippen molar-refractivity contribution in [1.82, 2.24) is 14.9 Å². The van der Waals surface area contributed by atoms with E-state index in [1.54, 1.807) is 17.3 Å². The Labute approximate surface area is 108 Å². The minimum atomic E-state index is -0.0262. The molecular formula is C12H12N4OS. The molecule has 1 amide bonds. The third-order valence-electron chi connectivity index (χ3n) is 2.90. The monoisotopic (exact) mass is 260 g/mol. The fourth-order valence-electron chi connectivity index (χ4n) is 1.97. The summed E-state index contributed by atoms with van der Waals surface area (Å²) in [5.74, 6) is -0.0262. The summed E-state index contributed by atoms with van der Waals surface area (Å²) in [6.45, 7) is 1.39. The van der Waals surface area contributed by atoms with Crippen molar-refractivity contribution in [2.45, 2.75) is 6.42 Å². The van der Waals surface area contributed by atoms with E-state index in [-0.39, 0.29) is 5.91 Å². The highest BCUT2D eigenvalue weighted by molar-refractivity contribution is 7.21. The van der Waals surface area contributed by atoms with E-state index < -0.39 is 0 Å². The summed E-state index contributed by atoms with van der Waals surface area (Å²) >= 11 is 1.31. The first-order valence-corrected chi connectivity index (χ1v) is 6.52. The zero-order chi connectivity index (χ0) is 12.5. The number of fused-ring (bicyclic) bond motifs is 1. The summed E-state index contributed by atoms with van der Waals surface area (Å²) in [5, 5.41) is 0. The average molecular weight is 260 g/mol. The van der Waals surface area contributed by atoms with Crippen molar-refractivity contribution in [1.29, 1.82) is 0 Å². The van der Waals surface area contributed by atoms with Gasteiger partial charge in [-0.1, -0.05) is 12.2 Å². The standard InChI is InChI=1S/C12H12N4OS/c13-8-9-11(15-5-4-14-9)18-10(8)12(17)16-6-2-1-3-7-16/h1-2,4-5H,3,6-7,13H2. The molecule has 1 aliphatic rings. The van der Waals surface area contributed by atoms with Crippen LogP contribution < -0.4 is 5.73 Å². The fraction of sp³-hybridized carbons (Fsp3) is 0.250. The molecule has 0 bridgehead atoms. The second-order valence-corrected chi connectivity index (χ2v) is 5.07. The summed E-state index contributed by atoms with van der Waals surface area (Å²) in [7, 11) is 0. The van der Waals surface area contributed by atoms with Gasteiger partial charge in [0.1, 0.15) is 15.2 Å². The first kappa shape index (κ1) is 11.2. The molecule has 0 aromatic carbocycles. The van der Waals surface area contributed by atoms with E-state index >= 15 is 0 Å². The van der Waals surface area contributed by atoms with Gasteiger partial charge in [-0.25, -0.2) is 9.97 Å². The van der Waals surface area contributed by atoms with E-state index in [4.69, 9.17) is 5.73 Å². The third-order valence-corrected chi connectivity index (χ3v) is 3.99. The van der Waals surface area contributed by atoms with Crippen LogP contribution in [0.15, 0.2) is 24.5 Å². The number of nitrogen functional groups attached to an aromatic ring is 1. The molecule has 3 rings (SSSR count). The number of amides is 1. The van der Waals surface area contributed by atoms with Crippen LogP contribution in [-0.2, 0) is 0 Å². The molecule has 0 saturated heterocycles. The SMILES string of the molecule is Nc1c(C(=O)N2CC=CCC2)sc2nccnc12. The van der Waals surface area contributed by atoms with Crippen LogP contribution in [0.25, 0.3) is 10.3 Å². The molecule has 18 heavy (non-hydrogen) atoms. The molecule has 1 aliphatic heterocycles. The Morgan fingerprint density at radius 2 is 2.17 bits per heavy atom. The number of carbonyl (C=O) groups is 1. The average Bonchev–Trinajstić information content (AvgIpc) is 2.77. The van der Waals surface area contributed by atoms with E-state index in [2.05, 4.69) is 16.0 Å². The normalized spacial score (nSPS) is 15.2. The van der Waals surface area contributed by atoms with Gasteiger partial charge in [0.2, 0.25) is 0 Å². The maximum Gasteiger partial charge on any atom is 0.266 e. The lowest BCUT2D eigenvalue weighted by atomic mass is 10.2. The van der Waals surface area contributed by atoms with Crippen LogP contribution in [0.3, 0.4) is 0 Å². The van der Waals surface area contributed by atoms with Crippen LogP contribution in [0.4, 0.5) is 5.69 Å². The van der Waals surface area contributed by atoms with Crippen LogP contribution in [0.1, 0.15) is 16.1 Å². The lowest BCUT2D eigenvalue weighted by Crippen LogP contribution is -2.33. The molecule has 3 heterocycles. The number of aromatic nitrogens is 2. The van der Waals surface area contributed by atoms with Crippen molar-refractivity contribution in [2.24, 2.45) is 0 Å². The number of rotatable bonds is 1. The molecule has 92 valence electrons. The molecule has 0 unspecified atom stereocenters. The number of hydrogen-bond acceptors (Lipinski definition) is 5. The maximum absolute atomic E-state index is 12.4. The number of anilines is 1. The second kappa shape index (κ2) is 4.38. The first-order chi connectivity index (χ1) is 8.77. The Morgan fingerprint density at radius 3 is 2.89 bits per heavy atom. The van der Waals surface area contributed by atoms with Crippen molar-refractivity contribution < 1.29 is 4.79 Å². The Hall–Kier alpha value is -1.95. The predicted octanol–water partition coefficient (Wildman–Crippen LogP) is 1.68. The highest BCUT2D eigenvalue weighted by atomic mass is 32.1. The van der Waals surface area contributed by atoms with E-state index in [0.29, 0.717) is 27.5 Å². The first-order valence-electron chi connectivity index (χ1n) is 5.70. The van der Waals surface area contributed by atoms with Gasteiger partial charge in [0.15, 0.2) is 0 Å². The Balaban J connectivity index is 2.01.